The summed E-state index contributed by atoms with van der Waals surface area (Å²) in [7, 11) is 3.18. The molecular weight excluding hydrogens is 570 g/mol. The van der Waals surface area contributed by atoms with Crippen molar-refractivity contribution in [2.24, 2.45) is 0 Å². The van der Waals surface area contributed by atoms with E-state index in [1.807, 2.05) is 78.9 Å². The van der Waals surface area contributed by atoms with Crippen LogP contribution in [0.2, 0.25) is 0 Å². The molecule has 0 aliphatic heterocycles. The molecule has 224 valence electrons. The van der Waals surface area contributed by atoms with E-state index < -0.39 is 9.85 Å². The first kappa shape index (κ1) is 30.2. The molecule has 5 aromatic carbocycles. The smallest absolute Gasteiger partial charge is 0.277 e. The third-order valence-electron chi connectivity index (χ3n) is 7.09. The number of nitro groups is 2. The summed E-state index contributed by atoms with van der Waals surface area (Å²) in [5.41, 5.74) is 4.11. The van der Waals surface area contributed by atoms with Gasteiger partial charge >= 0.3 is 0 Å². The van der Waals surface area contributed by atoms with E-state index in [9.17, 15) is 20.2 Å². The lowest BCUT2D eigenvalue weighted by atomic mass is 10.0. The molecule has 0 amide bonds. The minimum absolute atomic E-state index is 0.126. The summed E-state index contributed by atoms with van der Waals surface area (Å²) in [5.74, 6) is 1.42. The van der Waals surface area contributed by atoms with Crippen LogP contribution < -0.4 is 14.4 Å². The highest BCUT2D eigenvalue weighted by Gasteiger charge is 2.21. The maximum absolute atomic E-state index is 12.0. The van der Waals surface area contributed by atoms with Crippen molar-refractivity contribution in [3.8, 4) is 11.5 Å². The molecule has 45 heavy (non-hydrogen) atoms. The molecule has 9 nitrogen and oxygen atoms in total. The van der Waals surface area contributed by atoms with Gasteiger partial charge in [-0.25, -0.2) is 0 Å². The zero-order valence-electron chi connectivity index (χ0n) is 24.6. The molecule has 0 heterocycles. The second-order valence-corrected chi connectivity index (χ2v) is 9.88. The van der Waals surface area contributed by atoms with Crippen LogP contribution in [0.15, 0.2) is 115 Å². The van der Waals surface area contributed by atoms with Crippen LogP contribution in [-0.4, -0.2) is 24.1 Å². The normalized spacial score (nSPS) is 11.1. The Morgan fingerprint density at radius 3 is 1.33 bits per heavy atom. The fourth-order valence-corrected chi connectivity index (χ4v) is 4.77. The van der Waals surface area contributed by atoms with Gasteiger partial charge in [-0.05, 0) is 83.9 Å². The third kappa shape index (κ3) is 7.23. The van der Waals surface area contributed by atoms with Crippen molar-refractivity contribution in [3.05, 3.63) is 158 Å². The predicted molar refractivity (Wildman–Crippen MR) is 178 cm³/mol. The van der Waals surface area contributed by atoms with Gasteiger partial charge in [-0.2, -0.15) is 0 Å². The van der Waals surface area contributed by atoms with Gasteiger partial charge in [0.1, 0.15) is 11.5 Å². The van der Waals surface area contributed by atoms with Crippen molar-refractivity contribution in [1.82, 2.24) is 0 Å². The van der Waals surface area contributed by atoms with Gasteiger partial charge in [0.2, 0.25) is 0 Å². The first-order valence-corrected chi connectivity index (χ1v) is 13.9. The number of rotatable bonds is 11. The summed E-state index contributed by atoms with van der Waals surface area (Å²) in [6.45, 7) is 0. The van der Waals surface area contributed by atoms with E-state index in [4.69, 9.17) is 9.47 Å². The van der Waals surface area contributed by atoms with Gasteiger partial charge in [0.15, 0.2) is 0 Å². The van der Waals surface area contributed by atoms with Gasteiger partial charge in [-0.1, -0.05) is 54.6 Å². The lowest BCUT2D eigenvalue weighted by Crippen LogP contribution is -2.09. The standard InChI is InChI=1S/C36H29N3O6/c1-44-33-20-12-27(13-21-33)9-15-29-25-35(38(40)41)28(24-36(29)39(42)43)14-8-26-10-16-31(17-11-26)37(30-6-4-3-5-7-30)32-18-22-34(45-2)23-19-32/h3-25H,1-2H3/b14-8+,15-9+. The third-order valence-corrected chi connectivity index (χ3v) is 7.09. The van der Waals surface area contributed by atoms with E-state index in [0.29, 0.717) is 5.75 Å². The zero-order valence-corrected chi connectivity index (χ0v) is 24.6. The minimum Gasteiger partial charge on any atom is -0.497 e. The number of nitrogens with zero attached hydrogens (tertiary/aromatic N) is 3. The molecule has 0 bridgehead atoms. The highest BCUT2D eigenvalue weighted by molar-refractivity contribution is 5.82. The number of methoxy groups -OCH3 is 2. The van der Waals surface area contributed by atoms with Crippen LogP contribution in [0, 0.1) is 20.2 Å². The maximum Gasteiger partial charge on any atom is 0.277 e. The summed E-state index contributed by atoms with van der Waals surface area (Å²) in [6.07, 6.45) is 6.38. The van der Waals surface area contributed by atoms with Crippen molar-refractivity contribution in [2.45, 2.75) is 0 Å². The molecule has 0 N–H and O–H groups in total. The lowest BCUT2D eigenvalue weighted by Gasteiger charge is -2.25. The van der Waals surface area contributed by atoms with Crippen LogP contribution in [0.5, 0.6) is 11.5 Å². The van der Waals surface area contributed by atoms with Crippen molar-refractivity contribution < 1.29 is 19.3 Å². The van der Waals surface area contributed by atoms with E-state index >= 15 is 0 Å². The van der Waals surface area contributed by atoms with Gasteiger partial charge in [0.05, 0.1) is 35.2 Å². The Kier molecular flexibility index (Phi) is 9.30. The summed E-state index contributed by atoms with van der Waals surface area (Å²) in [4.78, 5) is 25.0. The molecule has 0 aliphatic carbocycles. The number of nitro benzene ring substituents is 2. The molecule has 0 radical (unpaired) electrons. The zero-order chi connectivity index (χ0) is 31.8. The number of benzene rings is 5. The molecule has 0 saturated carbocycles. The molecule has 5 rings (SSSR count). The maximum atomic E-state index is 12.0. The Bertz CT molecular complexity index is 1850. The summed E-state index contributed by atoms with van der Waals surface area (Å²) in [5, 5.41) is 23.9. The molecule has 0 atom stereocenters. The Balaban J connectivity index is 1.44. The van der Waals surface area contributed by atoms with E-state index in [-0.39, 0.29) is 22.5 Å². The summed E-state index contributed by atoms with van der Waals surface area (Å²) in [6, 6.07) is 34.9. The monoisotopic (exact) mass is 599 g/mol. The SMILES string of the molecule is COc1ccc(/C=C/c2cc([N+](=O)[O-])c(/C=C/c3ccc(N(c4ccccc4)c4ccc(OC)cc4)cc3)cc2[N+](=O)[O-])cc1. The predicted octanol–water partition coefficient (Wildman–Crippen LogP) is 9.33. The Labute approximate surface area is 260 Å². The van der Waals surface area contributed by atoms with Crippen LogP contribution >= 0.6 is 0 Å². The Hall–Kier alpha value is -6.22. The van der Waals surface area contributed by atoms with Gasteiger partial charge in [-0.15, -0.1) is 0 Å². The fourth-order valence-electron chi connectivity index (χ4n) is 4.77. The number of anilines is 3. The fraction of sp³-hybridized carbons (Fsp3) is 0.0556. The highest BCUT2D eigenvalue weighted by Crippen LogP contribution is 2.36. The lowest BCUT2D eigenvalue weighted by molar-refractivity contribution is -0.389. The number of hydrogen-bond donors (Lipinski definition) is 0. The van der Waals surface area contributed by atoms with Crippen LogP contribution in [0.4, 0.5) is 28.4 Å². The number of hydrogen-bond acceptors (Lipinski definition) is 7. The minimum atomic E-state index is -0.541. The second-order valence-electron chi connectivity index (χ2n) is 9.88. The molecule has 0 fully saturated rings. The van der Waals surface area contributed by atoms with Gasteiger partial charge in [0.25, 0.3) is 11.4 Å². The number of ether oxygens (including phenoxy) is 2. The molecule has 0 aromatic heterocycles. The topological polar surface area (TPSA) is 108 Å². The average molecular weight is 600 g/mol. The van der Waals surface area contributed by atoms with E-state index in [1.54, 1.807) is 50.6 Å². The molecule has 5 aromatic rings. The summed E-state index contributed by atoms with van der Waals surface area (Å²) < 4.78 is 10.5. The first-order valence-electron chi connectivity index (χ1n) is 13.9. The highest BCUT2D eigenvalue weighted by atomic mass is 16.6. The Morgan fingerprint density at radius 1 is 0.533 bits per heavy atom. The molecule has 0 saturated heterocycles. The van der Waals surface area contributed by atoms with Crippen LogP contribution in [0.3, 0.4) is 0 Å². The molecule has 0 aliphatic rings. The Morgan fingerprint density at radius 2 is 0.911 bits per heavy atom. The van der Waals surface area contributed by atoms with Crippen molar-refractivity contribution in [1.29, 1.82) is 0 Å². The van der Waals surface area contributed by atoms with E-state index in [1.165, 1.54) is 24.3 Å². The quantitative estimate of drug-likeness (QED) is 0.0845. The molecule has 0 unspecified atom stereocenters. The second kappa shape index (κ2) is 13.8. The molecule has 9 heteroatoms. The van der Waals surface area contributed by atoms with Gasteiger partial charge in [-0.3, -0.25) is 20.2 Å². The van der Waals surface area contributed by atoms with Crippen molar-refractivity contribution in [3.63, 3.8) is 0 Å². The summed E-state index contributed by atoms with van der Waals surface area (Å²) >= 11 is 0. The molecule has 0 spiro atoms. The van der Waals surface area contributed by atoms with Crippen molar-refractivity contribution in [2.75, 3.05) is 19.1 Å². The van der Waals surface area contributed by atoms with E-state index in [2.05, 4.69) is 4.90 Å². The average Bonchev–Trinajstić information content (AvgIpc) is 3.08. The first-order chi connectivity index (χ1) is 21.9. The largest absolute Gasteiger partial charge is 0.497 e. The van der Waals surface area contributed by atoms with E-state index in [0.717, 1.165) is 33.9 Å². The van der Waals surface area contributed by atoms with Crippen LogP contribution in [0.1, 0.15) is 22.3 Å². The van der Waals surface area contributed by atoms with Gasteiger partial charge < -0.3 is 14.4 Å². The van der Waals surface area contributed by atoms with Crippen LogP contribution in [-0.2, 0) is 0 Å². The number of para-hydroxylation sites is 1. The molecular formula is C36H29N3O6. The van der Waals surface area contributed by atoms with Gasteiger partial charge in [0, 0.05) is 29.2 Å². The van der Waals surface area contributed by atoms with Crippen LogP contribution in [0.25, 0.3) is 24.3 Å². The van der Waals surface area contributed by atoms with Crippen molar-refractivity contribution >= 4 is 52.7 Å².